The Bertz CT molecular complexity index is 1610. The summed E-state index contributed by atoms with van der Waals surface area (Å²) in [4.78, 5) is 20.6. The number of nitrogens with one attached hydrogen (secondary N) is 2. The molecule has 220 valence electrons. The van der Waals surface area contributed by atoms with Crippen molar-refractivity contribution in [3.8, 4) is 11.3 Å². The average Bonchev–Trinajstić information content (AvgIpc) is 3.35. The first kappa shape index (κ1) is 28.0. The van der Waals surface area contributed by atoms with E-state index in [-0.39, 0.29) is 40.7 Å². The largest absolute Gasteiger partial charge is 0.453 e. The Morgan fingerprint density at radius 3 is 2.60 bits per heavy atom. The van der Waals surface area contributed by atoms with Gasteiger partial charge in [0.1, 0.15) is 11.6 Å². The number of aromatic nitrogens is 4. The van der Waals surface area contributed by atoms with Gasteiger partial charge in [0.15, 0.2) is 0 Å². The lowest BCUT2D eigenvalue weighted by Gasteiger charge is -2.39. The molecule has 6 rings (SSSR count). The fourth-order valence-corrected chi connectivity index (χ4v) is 6.26. The number of hydrogen-bond donors (Lipinski definition) is 4. The van der Waals surface area contributed by atoms with E-state index in [0.29, 0.717) is 36.4 Å². The van der Waals surface area contributed by atoms with Gasteiger partial charge >= 0.3 is 6.09 Å². The predicted octanol–water partition coefficient (Wildman–Crippen LogP) is 4.75. The number of ether oxygens (including phenoxy) is 1. The Morgan fingerprint density at radius 1 is 1.17 bits per heavy atom. The Kier molecular flexibility index (Phi) is 7.27. The van der Waals surface area contributed by atoms with E-state index in [2.05, 4.69) is 25.7 Å². The first-order valence-corrected chi connectivity index (χ1v) is 14.0. The minimum Gasteiger partial charge on any atom is -0.453 e. The maximum absolute atomic E-state index is 15.2. The summed E-state index contributed by atoms with van der Waals surface area (Å²) in [5.74, 6) is -1.05. The van der Waals surface area contributed by atoms with E-state index in [1.54, 1.807) is 30.7 Å². The van der Waals surface area contributed by atoms with Crippen LogP contribution in [-0.4, -0.2) is 50.0 Å². The van der Waals surface area contributed by atoms with Crippen LogP contribution in [0.2, 0.25) is 0 Å². The summed E-state index contributed by atoms with van der Waals surface area (Å²) >= 11 is 0. The number of halogens is 2. The van der Waals surface area contributed by atoms with E-state index in [1.807, 2.05) is 13.0 Å². The molecule has 3 heterocycles. The third-order valence-electron chi connectivity index (χ3n) is 8.70. The molecule has 10 nitrogen and oxygen atoms in total. The second kappa shape index (κ2) is 10.9. The van der Waals surface area contributed by atoms with Gasteiger partial charge in [-0.1, -0.05) is 6.92 Å². The average molecular weight is 578 g/mol. The highest BCUT2D eigenvalue weighted by atomic mass is 19.1. The van der Waals surface area contributed by atoms with E-state index in [0.717, 1.165) is 18.4 Å². The minimum absolute atomic E-state index is 0.0816. The molecule has 5 N–H and O–H groups in total. The standard InChI is InChI=1S/C30H33F2N7O3/c1-16-10-17(11-23(33)27(16)37-29(40)42-2)20-6-9-34-15-25(20)36-28-35-14-19-4-5-24(38-39(19)28)26-21(31)12-18(13-22(26)32)30(41)7-3-8-30/h4-6,9,12-17,23,27,41H,3,7-8,10-11,33H2,1-2H3,(H,35,36)(H,37,40)/t16-,17+,23+,27-/m0/s1. The highest BCUT2D eigenvalue weighted by Crippen LogP contribution is 2.43. The van der Waals surface area contributed by atoms with Crippen LogP contribution in [0.5, 0.6) is 0 Å². The van der Waals surface area contributed by atoms with Gasteiger partial charge in [-0.2, -0.15) is 9.61 Å². The van der Waals surface area contributed by atoms with Crippen LogP contribution in [0.1, 0.15) is 56.1 Å². The van der Waals surface area contributed by atoms with Crippen molar-refractivity contribution >= 4 is 23.2 Å². The van der Waals surface area contributed by atoms with Crippen LogP contribution in [0.25, 0.3) is 16.8 Å². The summed E-state index contributed by atoms with van der Waals surface area (Å²) in [6.07, 6.45) is 7.69. The molecule has 12 heteroatoms. The number of carbonyl (C=O) groups is 1. The van der Waals surface area contributed by atoms with Crippen molar-refractivity contribution in [3.63, 3.8) is 0 Å². The highest BCUT2D eigenvalue weighted by molar-refractivity contribution is 5.68. The number of benzene rings is 1. The summed E-state index contributed by atoms with van der Waals surface area (Å²) in [5.41, 5.74) is 7.69. The number of alkyl carbamates (subject to hydrolysis) is 1. The second-order valence-corrected chi connectivity index (χ2v) is 11.4. The maximum atomic E-state index is 15.2. The number of methoxy groups -OCH3 is 1. The number of amides is 1. The topological polar surface area (TPSA) is 140 Å². The second-order valence-electron chi connectivity index (χ2n) is 11.4. The first-order valence-electron chi connectivity index (χ1n) is 14.0. The molecule has 42 heavy (non-hydrogen) atoms. The summed E-state index contributed by atoms with van der Waals surface area (Å²) in [5, 5.41) is 21.3. The van der Waals surface area contributed by atoms with Crippen molar-refractivity contribution < 1.29 is 23.4 Å². The van der Waals surface area contributed by atoms with Crippen molar-refractivity contribution in [1.82, 2.24) is 24.9 Å². The summed E-state index contributed by atoms with van der Waals surface area (Å²) < 4.78 is 36.7. The zero-order chi connectivity index (χ0) is 29.6. The molecule has 2 fully saturated rings. The zero-order valence-corrected chi connectivity index (χ0v) is 23.3. The van der Waals surface area contributed by atoms with Crippen molar-refractivity contribution in [1.29, 1.82) is 0 Å². The van der Waals surface area contributed by atoms with Crippen molar-refractivity contribution in [2.45, 2.75) is 62.6 Å². The Labute approximate surface area is 241 Å². The number of hydrogen-bond acceptors (Lipinski definition) is 8. The Hall–Kier alpha value is -4.16. The number of aliphatic hydroxyl groups is 1. The van der Waals surface area contributed by atoms with Gasteiger partial charge in [0.2, 0.25) is 5.95 Å². The molecular formula is C30H33F2N7O3. The molecule has 4 atom stereocenters. The molecule has 0 saturated heterocycles. The van der Waals surface area contributed by atoms with Crippen molar-refractivity contribution in [2.24, 2.45) is 11.7 Å². The third-order valence-corrected chi connectivity index (χ3v) is 8.70. The van der Waals surface area contributed by atoms with Gasteiger partial charge in [-0.25, -0.2) is 18.6 Å². The number of fused-ring (bicyclic) bond motifs is 1. The first-order chi connectivity index (χ1) is 20.2. The van der Waals surface area contributed by atoms with Crippen LogP contribution in [0.3, 0.4) is 0 Å². The van der Waals surface area contributed by atoms with Crippen LogP contribution in [-0.2, 0) is 10.3 Å². The number of rotatable bonds is 6. The van der Waals surface area contributed by atoms with Gasteiger partial charge in [0, 0.05) is 18.3 Å². The van der Waals surface area contributed by atoms with Crippen LogP contribution in [0.15, 0.2) is 48.9 Å². The Morgan fingerprint density at radius 2 is 1.93 bits per heavy atom. The fourth-order valence-electron chi connectivity index (χ4n) is 6.26. The van der Waals surface area contributed by atoms with Gasteiger partial charge in [-0.15, -0.1) is 0 Å². The number of nitrogens with zero attached hydrogens (tertiary/aromatic N) is 4. The van der Waals surface area contributed by atoms with Crippen molar-refractivity contribution in [3.05, 3.63) is 71.7 Å². The normalized spacial score (nSPS) is 23.3. The monoisotopic (exact) mass is 577 g/mol. The van der Waals surface area contributed by atoms with E-state index < -0.39 is 23.3 Å². The van der Waals surface area contributed by atoms with Gasteiger partial charge in [0.05, 0.1) is 47.6 Å². The predicted molar refractivity (Wildman–Crippen MR) is 152 cm³/mol. The van der Waals surface area contributed by atoms with Gasteiger partial charge in [-0.3, -0.25) is 4.98 Å². The minimum atomic E-state index is -1.18. The lowest BCUT2D eigenvalue weighted by atomic mass is 9.73. The van der Waals surface area contributed by atoms with E-state index in [4.69, 9.17) is 10.5 Å². The summed E-state index contributed by atoms with van der Waals surface area (Å²) in [6, 6.07) is 7.05. The number of pyridine rings is 1. The van der Waals surface area contributed by atoms with E-state index >= 15 is 8.78 Å². The summed E-state index contributed by atoms with van der Waals surface area (Å²) in [7, 11) is 1.33. The van der Waals surface area contributed by atoms with Crippen LogP contribution in [0.4, 0.5) is 25.2 Å². The molecule has 2 saturated carbocycles. The van der Waals surface area contributed by atoms with Gasteiger partial charge in [-0.05, 0) is 85.4 Å². The molecule has 0 bridgehead atoms. The number of anilines is 2. The van der Waals surface area contributed by atoms with Gasteiger partial charge in [0.25, 0.3) is 0 Å². The maximum Gasteiger partial charge on any atom is 0.407 e. The fraction of sp³-hybridized carbons (Fsp3) is 0.400. The Balaban J connectivity index is 1.28. The SMILES string of the molecule is COC(=O)N[C@@H]1[C@H](N)C[C@H](c2ccncc2Nc2ncc3ccc(-c4c(F)cc(C5(O)CCC5)cc4F)nn23)C[C@@H]1C. The molecular weight excluding hydrogens is 544 g/mol. The number of imidazole rings is 1. The molecule has 1 aromatic carbocycles. The molecule has 0 unspecified atom stereocenters. The quantitative estimate of drug-likeness (QED) is 0.258. The molecule has 1 amide bonds. The number of carbonyl (C=O) groups excluding carboxylic acids is 1. The zero-order valence-electron chi connectivity index (χ0n) is 23.3. The lowest BCUT2D eigenvalue weighted by molar-refractivity contribution is -0.0392. The van der Waals surface area contributed by atoms with Crippen molar-refractivity contribution in [2.75, 3.05) is 12.4 Å². The molecule has 4 aromatic rings. The molecule has 3 aromatic heterocycles. The lowest BCUT2D eigenvalue weighted by Crippen LogP contribution is -2.54. The highest BCUT2D eigenvalue weighted by Gasteiger charge is 2.38. The van der Waals surface area contributed by atoms with Gasteiger partial charge < -0.3 is 26.2 Å². The summed E-state index contributed by atoms with van der Waals surface area (Å²) in [6.45, 7) is 2.05. The molecule has 2 aliphatic carbocycles. The van der Waals surface area contributed by atoms with Crippen LogP contribution < -0.4 is 16.4 Å². The molecule has 0 radical (unpaired) electrons. The number of nitrogens with two attached hydrogens (primary N) is 1. The molecule has 2 aliphatic rings. The molecule has 0 aliphatic heterocycles. The van der Waals surface area contributed by atoms with E-state index in [1.165, 1.54) is 23.8 Å². The van der Waals surface area contributed by atoms with Crippen LogP contribution >= 0.6 is 0 Å². The third kappa shape index (κ3) is 5.05. The smallest absolute Gasteiger partial charge is 0.407 e. The van der Waals surface area contributed by atoms with Crippen LogP contribution in [0, 0.1) is 17.6 Å². The molecule has 0 spiro atoms. The van der Waals surface area contributed by atoms with E-state index in [9.17, 15) is 9.90 Å².